The molecule has 1 aromatic heterocycles. The van der Waals surface area contributed by atoms with E-state index in [1.54, 1.807) is 6.07 Å². The summed E-state index contributed by atoms with van der Waals surface area (Å²) in [6.07, 6.45) is 2.96. The van der Waals surface area contributed by atoms with Crippen molar-refractivity contribution in [2.75, 3.05) is 0 Å². The maximum atomic E-state index is 12.7. The molecule has 128 valence electrons. The first-order chi connectivity index (χ1) is 10.6. The molecule has 7 heteroatoms. The summed E-state index contributed by atoms with van der Waals surface area (Å²) >= 11 is 1.04. The van der Waals surface area contributed by atoms with Crippen molar-refractivity contribution in [2.45, 2.75) is 56.7 Å². The van der Waals surface area contributed by atoms with Gasteiger partial charge in [-0.3, -0.25) is 4.79 Å². The van der Waals surface area contributed by atoms with Crippen LogP contribution in [0.1, 0.15) is 44.9 Å². The summed E-state index contributed by atoms with van der Waals surface area (Å²) in [6, 6.07) is 3.04. The van der Waals surface area contributed by atoms with Crippen molar-refractivity contribution in [3.05, 3.63) is 17.0 Å². The van der Waals surface area contributed by atoms with Crippen LogP contribution < -0.4 is 4.72 Å². The van der Waals surface area contributed by atoms with Crippen LogP contribution in [-0.4, -0.2) is 25.5 Å². The summed E-state index contributed by atoms with van der Waals surface area (Å²) in [5.74, 6) is -0.391. The second-order valence-corrected chi connectivity index (χ2v) is 10.7. The Bertz CT molecular complexity index is 737. The highest BCUT2D eigenvalue weighted by Crippen LogP contribution is 2.65. The van der Waals surface area contributed by atoms with Crippen LogP contribution in [0.15, 0.2) is 16.3 Å². The van der Waals surface area contributed by atoms with Crippen molar-refractivity contribution in [3.8, 4) is 0 Å². The van der Waals surface area contributed by atoms with Gasteiger partial charge in [-0.25, -0.2) is 13.1 Å². The number of hydrogen-bond donors (Lipinski definition) is 2. The average molecular weight is 357 g/mol. The van der Waals surface area contributed by atoms with Crippen molar-refractivity contribution in [2.24, 2.45) is 16.7 Å². The van der Waals surface area contributed by atoms with E-state index in [0.29, 0.717) is 10.8 Å². The lowest BCUT2D eigenvalue weighted by Gasteiger charge is -2.39. The Morgan fingerprint density at radius 2 is 2.09 bits per heavy atom. The van der Waals surface area contributed by atoms with E-state index in [4.69, 9.17) is 5.11 Å². The Morgan fingerprint density at radius 3 is 2.61 bits per heavy atom. The van der Waals surface area contributed by atoms with Crippen LogP contribution in [0.2, 0.25) is 0 Å². The Morgan fingerprint density at radius 1 is 1.39 bits per heavy atom. The van der Waals surface area contributed by atoms with E-state index < -0.39 is 16.0 Å². The van der Waals surface area contributed by atoms with Crippen LogP contribution >= 0.6 is 11.3 Å². The Labute approximate surface area is 141 Å². The molecule has 0 aliphatic heterocycles. The second-order valence-electron chi connectivity index (χ2n) is 7.58. The third kappa shape index (κ3) is 2.62. The van der Waals surface area contributed by atoms with E-state index in [9.17, 15) is 13.2 Å². The molecule has 0 radical (unpaired) electrons. The fraction of sp³-hybridized carbons (Fsp3) is 0.688. The van der Waals surface area contributed by atoms with Gasteiger partial charge in [0, 0.05) is 10.9 Å². The summed E-state index contributed by atoms with van der Waals surface area (Å²) in [4.78, 5) is 11.3. The monoisotopic (exact) mass is 357 g/mol. The summed E-state index contributed by atoms with van der Waals surface area (Å²) in [5.41, 5.74) is 0.121. The Balaban J connectivity index is 1.80. The van der Waals surface area contributed by atoms with Gasteiger partial charge in [0.25, 0.3) is 0 Å². The van der Waals surface area contributed by atoms with Crippen molar-refractivity contribution < 1.29 is 18.3 Å². The molecule has 0 spiro atoms. The van der Waals surface area contributed by atoms with Gasteiger partial charge in [-0.15, -0.1) is 11.3 Å². The first-order valence-electron chi connectivity index (χ1n) is 7.89. The maximum Gasteiger partial charge on any atom is 0.308 e. The smallest absolute Gasteiger partial charge is 0.308 e. The van der Waals surface area contributed by atoms with E-state index in [-0.39, 0.29) is 27.5 Å². The molecule has 1 heterocycles. The number of carboxylic acid groups (broad SMARTS) is 1. The van der Waals surface area contributed by atoms with Crippen LogP contribution in [0.25, 0.3) is 0 Å². The lowest BCUT2D eigenvalue weighted by molar-refractivity contribution is -0.136. The molecule has 2 bridgehead atoms. The second kappa shape index (κ2) is 5.29. The van der Waals surface area contributed by atoms with E-state index >= 15 is 0 Å². The number of aliphatic carboxylic acids is 1. The number of nitrogens with one attached hydrogen (secondary N) is 1. The third-order valence-electron chi connectivity index (χ3n) is 6.32. The fourth-order valence-electron chi connectivity index (χ4n) is 4.37. The molecule has 2 saturated carbocycles. The number of fused-ring (bicyclic) bond motifs is 2. The van der Waals surface area contributed by atoms with Crippen LogP contribution in [0.5, 0.6) is 0 Å². The molecule has 23 heavy (non-hydrogen) atoms. The molecule has 3 atom stereocenters. The topological polar surface area (TPSA) is 83.5 Å². The van der Waals surface area contributed by atoms with E-state index in [1.807, 2.05) is 0 Å². The summed E-state index contributed by atoms with van der Waals surface area (Å²) in [6.45, 7) is 6.68. The average Bonchev–Trinajstić information content (AvgIpc) is 3.01. The molecule has 3 unspecified atom stereocenters. The number of thiophene rings is 1. The van der Waals surface area contributed by atoms with Gasteiger partial charge in [-0.2, -0.15) is 0 Å². The van der Waals surface area contributed by atoms with Crippen LogP contribution in [-0.2, 0) is 21.2 Å². The predicted molar refractivity (Wildman–Crippen MR) is 89.0 cm³/mol. The molecule has 2 N–H and O–H groups in total. The Kier molecular flexibility index (Phi) is 3.89. The van der Waals surface area contributed by atoms with E-state index in [0.717, 1.165) is 24.2 Å². The summed E-state index contributed by atoms with van der Waals surface area (Å²) < 4.78 is 28.4. The molecular weight excluding hydrogens is 334 g/mol. The molecule has 1 aromatic rings. The van der Waals surface area contributed by atoms with Crippen LogP contribution in [0.4, 0.5) is 0 Å². The minimum atomic E-state index is -3.59. The van der Waals surface area contributed by atoms with Gasteiger partial charge >= 0.3 is 5.97 Å². The third-order valence-corrected chi connectivity index (χ3v) is 9.37. The van der Waals surface area contributed by atoms with Gasteiger partial charge < -0.3 is 5.11 Å². The molecular formula is C16H23NO4S2. The minimum absolute atomic E-state index is 0.0219. The normalized spacial score (nSPS) is 32.3. The van der Waals surface area contributed by atoms with Gasteiger partial charge in [-0.05, 0) is 48.1 Å². The molecule has 5 nitrogen and oxygen atoms in total. The molecule has 0 amide bonds. The van der Waals surface area contributed by atoms with Gasteiger partial charge in [0.1, 0.15) is 4.21 Å². The van der Waals surface area contributed by atoms with Gasteiger partial charge in [-0.1, -0.05) is 20.8 Å². The summed E-state index contributed by atoms with van der Waals surface area (Å²) in [5, 5.41) is 8.81. The van der Waals surface area contributed by atoms with Crippen LogP contribution in [0, 0.1) is 16.7 Å². The van der Waals surface area contributed by atoms with Gasteiger partial charge in [0.2, 0.25) is 10.0 Å². The zero-order valence-corrected chi connectivity index (χ0v) is 15.3. The van der Waals surface area contributed by atoms with Gasteiger partial charge in [0.15, 0.2) is 0 Å². The van der Waals surface area contributed by atoms with E-state index in [1.165, 1.54) is 12.5 Å². The predicted octanol–water partition coefficient (Wildman–Crippen LogP) is 2.87. The first kappa shape index (κ1) is 16.9. The number of rotatable bonds is 5. The number of sulfonamides is 1. The zero-order chi connectivity index (χ0) is 17.0. The first-order valence-corrected chi connectivity index (χ1v) is 10.2. The highest BCUT2D eigenvalue weighted by Gasteiger charge is 2.61. The lowest BCUT2D eigenvalue weighted by Crippen LogP contribution is -2.46. The fourth-order valence-corrected chi connectivity index (χ4v) is 7.10. The molecule has 2 aliphatic rings. The molecule has 0 aromatic carbocycles. The number of hydrogen-bond acceptors (Lipinski definition) is 4. The van der Waals surface area contributed by atoms with Crippen LogP contribution in [0.3, 0.4) is 0 Å². The van der Waals surface area contributed by atoms with E-state index in [2.05, 4.69) is 25.5 Å². The van der Waals surface area contributed by atoms with Crippen molar-refractivity contribution >= 4 is 27.3 Å². The highest BCUT2D eigenvalue weighted by atomic mass is 32.2. The number of carbonyl (C=O) groups is 1. The zero-order valence-electron chi connectivity index (χ0n) is 13.6. The Hall–Kier alpha value is -0.920. The highest BCUT2D eigenvalue weighted by molar-refractivity contribution is 7.91. The lowest BCUT2D eigenvalue weighted by atomic mass is 9.69. The maximum absolute atomic E-state index is 12.7. The number of carboxylic acids is 1. The summed E-state index contributed by atoms with van der Waals surface area (Å²) in [7, 11) is -3.59. The van der Waals surface area contributed by atoms with Crippen molar-refractivity contribution in [1.29, 1.82) is 0 Å². The standard InChI is InChI=1S/C16H23NO4S2/c1-15(2)10-6-7-16(15,3)12(8-10)17-23(20,21)14-5-4-11(22-14)9-13(18)19/h4-5,10,12,17H,6-9H2,1-3H3,(H,18,19). The largest absolute Gasteiger partial charge is 0.481 e. The molecule has 2 fully saturated rings. The minimum Gasteiger partial charge on any atom is -0.481 e. The van der Waals surface area contributed by atoms with Crippen molar-refractivity contribution in [1.82, 2.24) is 4.72 Å². The molecule has 3 rings (SSSR count). The SMILES string of the molecule is CC1(C)C2CCC1(C)C(NS(=O)(=O)c1ccc(CC(=O)O)s1)C2. The quantitative estimate of drug-likeness (QED) is 0.849. The van der Waals surface area contributed by atoms with Crippen molar-refractivity contribution in [3.63, 3.8) is 0 Å². The molecule has 0 saturated heterocycles. The van der Waals surface area contributed by atoms with Gasteiger partial charge in [0.05, 0.1) is 6.42 Å². The molecule has 2 aliphatic carbocycles.